The second-order valence-electron chi connectivity index (χ2n) is 5.91. The third-order valence-corrected chi connectivity index (χ3v) is 3.99. The molecule has 1 aliphatic heterocycles. The fraction of sp³-hybridized carbons (Fsp3) is 0.929. The molecule has 3 heteroatoms. The highest BCUT2D eigenvalue weighted by atomic mass is 16.2. The van der Waals surface area contributed by atoms with Crippen molar-refractivity contribution in [3.63, 3.8) is 0 Å². The lowest BCUT2D eigenvalue weighted by molar-refractivity contribution is -0.129. The number of hydrogen-bond donors (Lipinski definition) is 1. The van der Waals surface area contributed by atoms with Crippen molar-refractivity contribution in [2.45, 2.75) is 76.9 Å². The van der Waals surface area contributed by atoms with E-state index in [1.807, 2.05) is 0 Å². The van der Waals surface area contributed by atoms with Crippen molar-refractivity contribution in [2.24, 2.45) is 0 Å². The molecular formula is C14H26N2O. The number of amides is 1. The zero-order valence-electron chi connectivity index (χ0n) is 11.2. The van der Waals surface area contributed by atoms with Gasteiger partial charge < -0.3 is 10.2 Å². The van der Waals surface area contributed by atoms with Crippen molar-refractivity contribution in [3.8, 4) is 0 Å². The van der Waals surface area contributed by atoms with Gasteiger partial charge in [0.25, 0.3) is 0 Å². The smallest absolute Gasteiger partial charge is 0.224 e. The minimum Gasteiger partial charge on any atom is -0.338 e. The van der Waals surface area contributed by atoms with E-state index in [-0.39, 0.29) is 0 Å². The quantitative estimate of drug-likeness (QED) is 0.765. The minimum absolute atomic E-state index is 0.370. The first-order chi connectivity index (χ1) is 8.16. The number of carbonyl (C=O) groups is 1. The van der Waals surface area contributed by atoms with Crippen LogP contribution in [0, 0.1) is 0 Å². The van der Waals surface area contributed by atoms with Crippen molar-refractivity contribution >= 4 is 5.91 Å². The van der Waals surface area contributed by atoms with E-state index in [9.17, 15) is 4.79 Å². The summed E-state index contributed by atoms with van der Waals surface area (Å²) in [6.45, 7) is 5.24. The van der Waals surface area contributed by atoms with Crippen LogP contribution >= 0.6 is 0 Å². The summed E-state index contributed by atoms with van der Waals surface area (Å²) < 4.78 is 0. The zero-order chi connectivity index (χ0) is 12.3. The van der Waals surface area contributed by atoms with Crippen LogP contribution in [0.1, 0.15) is 58.8 Å². The molecule has 2 aliphatic rings. The van der Waals surface area contributed by atoms with Crippen LogP contribution in [0.5, 0.6) is 0 Å². The molecule has 0 aromatic carbocycles. The lowest BCUT2D eigenvalue weighted by atomic mass is 10.1. The van der Waals surface area contributed by atoms with Crippen LogP contribution in [0.25, 0.3) is 0 Å². The molecule has 1 atom stereocenters. The number of carbonyl (C=O) groups excluding carboxylic acids is 1. The van der Waals surface area contributed by atoms with E-state index in [4.69, 9.17) is 0 Å². The van der Waals surface area contributed by atoms with E-state index < -0.39 is 0 Å². The summed E-state index contributed by atoms with van der Waals surface area (Å²) in [4.78, 5) is 14.2. The first-order valence-electron chi connectivity index (χ1n) is 7.22. The maximum Gasteiger partial charge on any atom is 0.224 e. The lowest BCUT2D eigenvalue weighted by Gasteiger charge is -2.27. The van der Waals surface area contributed by atoms with Crippen molar-refractivity contribution in [3.05, 3.63) is 0 Å². The molecule has 1 saturated heterocycles. The highest BCUT2D eigenvalue weighted by Gasteiger charge is 2.34. The van der Waals surface area contributed by atoms with Crippen LogP contribution in [-0.4, -0.2) is 35.5 Å². The molecule has 3 nitrogen and oxygen atoms in total. The van der Waals surface area contributed by atoms with Gasteiger partial charge in [0.1, 0.15) is 0 Å². The standard InChI is InChI=1S/C14H26N2O/c1-11(2)15-12-9-14(17)16(10-12)13-7-5-3-4-6-8-13/h11-13,15H,3-10H2,1-2H3. The van der Waals surface area contributed by atoms with Gasteiger partial charge in [0, 0.05) is 31.1 Å². The maximum absolute atomic E-state index is 12.1. The molecule has 1 heterocycles. The number of nitrogens with one attached hydrogen (secondary N) is 1. The van der Waals surface area contributed by atoms with Gasteiger partial charge >= 0.3 is 0 Å². The van der Waals surface area contributed by atoms with Crippen LogP contribution in [-0.2, 0) is 4.79 Å². The Kier molecular flexibility index (Phi) is 4.43. The third kappa shape index (κ3) is 3.44. The Morgan fingerprint density at radius 3 is 2.41 bits per heavy atom. The van der Waals surface area contributed by atoms with Gasteiger partial charge in [0.15, 0.2) is 0 Å². The second kappa shape index (κ2) is 5.85. The maximum atomic E-state index is 12.1. The molecule has 0 aromatic rings. The highest BCUT2D eigenvalue weighted by Crippen LogP contribution is 2.25. The van der Waals surface area contributed by atoms with Gasteiger partial charge in [-0.05, 0) is 12.8 Å². The first-order valence-corrected chi connectivity index (χ1v) is 7.22. The van der Waals surface area contributed by atoms with Gasteiger partial charge in [-0.15, -0.1) is 0 Å². The van der Waals surface area contributed by atoms with E-state index in [1.165, 1.54) is 38.5 Å². The van der Waals surface area contributed by atoms with Gasteiger partial charge in [0.05, 0.1) is 0 Å². The summed E-state index contributed by atoms with van der Waals surface area (Å²) in [6.07, 6.45) is 8.46. The predicted octanol–water partition coefficient (Wildman–Crippen LogP) is 2.31. The molecule has 1 saturated carbocycles. The summed E-state index contributed by atoms with van der Waals surface area (Å²) in [5, 5.41) is 3.49. The van der Waals surface area contributed by atoms with Crippen LogP contribution < -0.4 is 5.32 Å². The number of rotatable bonds is 3. The Labute approximate surface area is 105 Å². The van der Waals surface area contributed by atoms with Crippen LogP contribution in [0.4, 0.5) is 0 Å². The van der Waals surface area contributed by atoms with E-state index in [0.717, 1.165) is 6.54 Å². The fourth-order valence-corrected chi connectivity index (χ4v) is 3.24. The van der Waals surface area contributed by atoms with Gasteiger partial charge in [-0.3, -0.25) is 4.79 Å². The summed E-state index contributed by atoms with van der Waals surface area (Å²) in [5.74, 6) is 0.370. The van der Waals surface area contributed by atoms with Gasteiger partial charge in [-0.2, -0.15) is 0 Å². The van der Waals surface area contributed by atoms with Gasteiger partial charge in [-0.1, -0.05) is 39.5 Å². The zero-order valence-corrected chi connectivity index (χ0v) is 11.2. The van der Waals surface area contributed by atoms with E-state index in [0.29, 0.717) is 30.5 Å². The number of likely N-dealkylation sites (tertiary alicyclic amines) is 1. The van der Waals surface area contributed by atoms with Crippen molar-refractivity contribution in [2.75, 3.05) is 6.54 Å². The summed E-state index contributed by atoms with van der Waals surface area (Å²) in [7, 11) is 0. The fourth-order valence-electron chi connectivity index (χ4n) is 3.24. The minimum atomic E-state index is 0.370. The summed E-state index contributed by atoms with van der Waals surface area (Å²) >= 11 is 0. The Morgan fingerprint density at radius 1 is 1.18 bits per heavy atom. The van der Waals surface area contributed by atoms with E-state index in [1.54, 1.807) is 0 Å². The average Bonchev–Trinajstić information content (AvgIpc) is 2.52. The van der Waals surface area contributed by atoms with Crippen molar-refractivity contribution in [1.29, 1.82) is 0 Å². The molecule has 17 heavy (non-hydrogen) atoms. The van der Waals surface area contributed by atoms with Gasteiger partial charge in [-0.25, -0.2) is 0 Å². The van der Waals surface area contributed by atoms with E-state index >= 15 is 0 Å². The number of hydrogen-bond acceptors (Lipinski definition) is 2. The van der Waals surface area contributed by atoms with E-state index in [2.05, 4.69) is 24.1 Å². The van der Waals surface area contributed by atoms with Crippen LogP contribution in [0.2, 0.25) is 0 Å². The summed E-state index contributed by atoms with van der Waals surface area (Å²) in [5.41, 5.74) is 0. The Hall–Kier alpha value is -0.570. The second-order valence-corrected chi connectivity index (χ2v) is 5.91. The molecule has 0 aromatic heterocycles. The molecule has 1 unspecified atom stereocenters. The number of nitrogens with zero attached hydrogens (tertiary/aromatic N) is 1. The molecule has 0 bridgehead atoms. The Morgan fingerprint density at radius 2 is 1.82 bits per heavy atom. The predicted molar refractivity (Wildman–Crippen MR) is 69.9 cm³/mol. The molecule has 1 N–H and O–H groups in total. The van der Waals surface area contributed by atoms with Crippen molar-refractivity contribution in [1.82, 2.24) is 10.2 Å². The largest absolute Gasteiger partial charge is 0.338 e. The Bertz CT molecular complexity index is 257. The normalized spacial score (nSPS) is 27.8. The SMILES string of the molecule is CC(C)NC1CC(=O)N(C2CCCCCC2)C1. The molecular weight excluding hydrogens is 212 g/mol. The molecule has 2 rings (SSSR count). The van der Waals surface area contributed by atoms with Gasteiger partial charge in [0.2, 0.25) is 5.91 Å². The highest BCUT2D eigenvalue weighted by molar-refractivity contribution is 5.79. The van der Waals surface area contributed by atoms with Crippen LogP contribution in [0.15, 0.2) is 0 Å². The summed E-state index contributed by atoms with van der Waals surface area (Å²) in [6, 6.07) is 1.39. The van der Waals surface area contributed by atoms with Crippen molar-refractivity contribution < 1.29 is 4.79 Å². The molecule has 2 fully saturated rings. The average molecular weight is 238 g/mol. The molecule has 98 valence electrons. The first kappa shape index (κ1) is 12.9. The van der Waals surface area contributed by atoms with Crippen LogP contribution in [0.3, 0.4) is 0 Å². The topological polar surface area (TPSA) is 32.3 Å². The molecule has 0 spiro atoms. The molecule has 1 aliphatic carbocycles. The monoisotopic (exact) mass is 238 g/mol. The molecule has 1 amide bonds. The third-order valence-electron chi connectivity index (χ3n) is 3.99. The molecule has 0 radical (unpaired) electrons. The Balaban J connectivity index is 1.90. The lowest BCUT2D eigenvalue weighted by Crippen LogP contribution is -2.40.